The summed E-state index contributed by atoms with van der Waals surface area (Å²) in [4.78, 5) is 0. The van der Waals surface area contributed by atoms with Gasteiger partial charge in [-0.2, -0.15) is 0 Å². The lowest BCUT2D eigenvalue weighted by Crippen LogP contribution is -2.41. The molecule has 1 fully saturated rings. The van der Waals surface area contributed by atoms with Crippen LogP contribution >= 0.6 is 0 Å². The van der Waals surface area contributed by atoms with E-state index in [4.69, 9.17) is 9.31 Å². The Morgan fingerprint density at radius 3 is 1.83 bits per heavy atom. The van der Waals surface area contributed by atoms with Gasteiger partial charge in [0.05, 0.1) is 11.2 Å². The van der Waals surface area contributed by atoms with Crippen LogP contribution in [0.5, 0.6) is 0 Å². The van der Waals surface area contributed by atoms with Crippen LogP contribution in [0.4, 0.5) is 0 Å². The van der Waals surface area contributed by atoms with Crippen molar-refractivity contribution in [3.05, 3.63) is 71.8 Å². The van der Waals surface area contributed by atoms with Gasteiger partial charge in [-0.3, -0.25) is 0 Å². The largest absolute Gasteiger partial charge is 0.465 e. The monoisotopic (exact) mass is 322 g/mol. The molecule has 0 bridgehead atoms. The highest BCUT2D eigenvalue weighted by molar-refractivity contribution is 6.47. The Bertz CT molecular complexity index is 636. The molecule has 0 saturated carbocycles. The molecule has 24 heavy (non-hydrogen) atoms. The molecular weight excluding hydrogens is 295 g/mol. The molecule has 1 atom stereocenters. The van der Waals surface area contributed by atoms with Gasteiger partial charge >= 0.3 is 7.12 Å². The molecule has 126 valence electrons. The van der Waals surface area contributed by atoms with Gasteiger partial charge < -0.3 is 9.31 Å². The second-order valence-electron chi connectivity index (χ2n) is 7.67. The summed E-state index contributed by atoms with van der Waals surface area (Å²) in [6.45, 7) is 8.47. The Morgan fingerprint density at radius 2 is 1.29 bits per heavy atom. The van der Waals surface area contributed by atoms with Crippen molar-refractivity contribution in [1.82, 2.24) is 0 Å². The first-order valence-corrected chi connectivity index (χ1v) is 8.83. The Labute approximate surface area is 146 Å². The zero-order valence-electron chi connectivity index (χ0n) is 15.2. The van der Waals surface area contributed by atoms with E-state index in [-0.39, 0.29) is 24.1 Å². The Hall–Kier alpha value is -1.58. The lowest BCUT2D eigenvalue weighted by molar-refractivity contribution is 0.00578. The van der Waals surface area contributed by atoms with Gasteiger partial charge in [-0.05, 0) is 51.7 Å². The molecule has 0 aliphatic carbocycles. The summed E-state index contributed by atoms with van der Waals surface area (Å²) in [7, 11) is -0.207. The normalized spacial score (nSPS) is 20.1. The van der Waals surface area contributed by atoms with Gasteiger partial charge in [-0.1, -0.05) is 60.7 Å². The van der Waals surface area contributed by atoms with E-state index in [2.05, 4.69) is 88.4 Å². The van der Waals surface area contributed by atoms with E-state index in [0.717, 1.165) is 12.8 Å². The standard InChI is InChI=1S/C21H27BO2/c1-20(2)21(3,4)24-22(23-20)19(18-13-9-6-10-14-18)16-15-17-11-7-5-8-12-17/h5-14,19H,15-16H2,1-4H3/t19-/m0/s1. The van der Waals surface area contributed by atoms with Crippen molar-refractivity contribution in [2.75, 3.05) is 0 Å². The van der Waals surface area contributed by atoms with E-state index in [9.17, 15) is 0 Å². The molecule has 1 heterocycles. The summed E-state index contributed by atoms with van der Waals surface area (Å²) in [6.07, 6.45) is 2.02. The van der Waals surface area contributed by atoms with Crippen molar-refractivity contribution in [2.24, 2.45) is 0 Å². The van der Waals surface area contributed by atoms with E-state index in [0.29, 0.717) is 0 Å². The highest BCUT2D eigenvalue weighted by Gasteiger charge is 2.53. The molecule has 0 aromatic heterocycles. The molecule has 0 amide bonds. The quantitative estimate of drug-likeness (QED) is 0.719. The molecule has 1 aliphatic heterocycles. The van der Waals surface area contributed by atoms with Gasteiger partial charge in [-0.15, -0.1) is 0 Å². The number of benzene rings is 2. The Balaban J connectivity index is 1.81. The van der Waals surface area contributed by atoms with Crippen molar-refractivity contribution >= 4 is 7.12 Å². The fourth-order valence-corrected chi connectivity index (χ4v) is 3.18. The van der Waals surface area contributed by atoms with Crippen LogP contribution in [0.25, 0.3) is 0 Å². The van der Waals surface area contributed by atoms with E-state index in [1.165, 1.54) is 11.1 Å². The summed E-state index contributed by atoms with van der Waals surface area (Å²) in [5, 5.41) is 0. The highest BCUT2D eigenvalue weighted by atomic mass is 16.7. The smallest absolute Gasteiger partial charge is 0.403 e. The summed E-state index contributed by atoms with van der Waals surface area (Å²) in [5.74, 6) is 0.229. The predicted octanol–water partition coefficient (Wildman–Crippen LogP) is 5.03. The van der Waals surface area contributed by atoms with Crippen LogP contribution in [-0.2, 0) is 15.7 Å². The van der Waals surface area contributed by atoms with Crippen LogP contribution < -0.4 is 0 Å². The van der Waals surface area contributed by atoms with Crippen molar-refractivity contribution in [3.63, 3.8) is 0 Å². The molecular formula is C21H27BO2. The van der Waals surface area contributed by atoms with Crippen LogP contribution in [0.15, 0.2) is 60.7 Å². The van der Waals surface area contributed by atoms with Gasteiger partial charge in [-0.25, -0.2) is 0 Å². The molecule has 2 aromatic carbocycles. The third-order valence-electron chi connectivity index (χ3n) is 5.41. The Morgan fingerprint density at radius 1 is 0.792 bits per heavy atom. The minimum atomic E-state index is -0.294. The van der Waals surface area contributed by atoms with Crippen LogP contribution in [0, 0.1) is 0 Å². The zero-order valence-corrected chi connectivity index (χ0v) is 15.2. The minimum Gasteiger partial charge on any atom is -0.403 e. The van der Waals surface area contributed by atoms with Crippen LogP contribution in [0.1, 0.15) is 51.1 Å². The number of hydrogen-bond acceptors (Lipinski definition) is 2. The van der Waals surface area contributed by atoms with Crippen LogP contribution in [-0.4, -0.2) is 18.3 Å². The van der Waals surface area contributed by atoms with Crippen LogP contribution in [0.2, 0.25) is 0 Å². The molecule has 1 saturated heterocycles. The molecule has 2 aromatic rings. The van der Waals surface area contributed by atoms with Crippen molar-refractivity contribution < 1.29 is 9.31 Å². The fraction of sp³-hybridized carbons (Fsp3) is 0.429. The first-order chi connectivity index (χ1) is 11.4. The average molecular weight is 322 g/mol. The van der Waals surface area contributed by atoms with Crippen molar-refractivity contribution in [3.8, 4) is 0 Å². The predicted molar refractivity (Wildman–Crippen MR) is 100 cm³/mol. The SMILES string of the molecule is CC1(C)OB([C@@H](CCc2ccccc2)c2ccccc2)OC1(C)C. The van der Waals surface area contributed by atoms with Gasteiger partial charge in [0.2, 0.25) is 0 Å². The maximum Gasteiger partial charge on any atom is 0.465 e. The molecule has 2 nitrogen and oxygen atoms in total. The second kappa shape index (κ2) is 6.74. The number of rotatable bonds is 5. The summed E-state index contributed by atoms with van der Waals surface area (Å²) in [6, 6.07) is 21.2. The summed E-state index contributed by atoms with van der Waals surface area (Å²) < 4.78 is 12.7. The topological polar surface area (TPSA) is 18.5 Å². The molecule has 0 radical (unpaired) electrons. The van der Waals surface area contributed by atoms with Crippen molar-refractivity contribution in [1.29, 1.82) is 0 Å². The first-order valence-electron chi connectivity index (χ1n) is 8.83. The third-order valence-corrected chi connectivity index (χ3v) is 5.41. The highest BCUT2D eigenvalue weighted by Crippen LogP contribution is 2.42. The lowest BCUT2D eigenvalue weighted by atomic mass is 9.65. The maximum absolute atomic E-state index is 6.35. The number of hydrogen-bond donors (Lipinski definition) is 0. The summed E-state index contributed by atoms with van der Waals surface area (Å²) in [5.41, 5.74) is 2.05. The van der Waals surface area contributed by atoms with Gasteiger partial charge in [0.1, 0.15) is 0 Å². The molecule has 0 unspecified atom stereocenters. The first kappa shape index (κ1) is 17.3. The molecule has 1 aliphatic rings. The lowest BCUT2D eigenvalue weighted by Gasteiger charge is -2.32. The minimum absolute atomic E-state index is 0.207. The third kappa shape index (κ3) is 3.58. The van der Waals surface area contributed by atoms with Crippen molar-refractivity contribution in [2.45, 2.75) is 57.6 Å². The molecule has 0 spiro atoms. The molecule has 3 heteroatoms. The maximum atomic E-state index is 6.35. The molecule has 0 N–H and O–H groups in total. The van der Waals surface area contributed by atoms with E-state index >= 15 is 0 Å². The fourth-order valence-electron chi connectivity index (χ4n) is 3.18. The van der Waals surface area contributed by atoms with E-state index < -0.39 is 0 Å². The molecule has 3 rings (SSSR count). The van der Waals surface area contributed by atoms with E-state index in [1.807, 2.05) is 0 Å². The summed E-state index contributed by atoms with van der Waals surface area (Å²) >= 11 is 0. The van der Waals surface area contributed by atoms with Gasteiger partial charge in [0.15, 0.2) is 0 Å². The van der Waals surface area contributed by atoms with Crippen LogP contribution in [0.3, 0.4) is 0 Å². The average Bonchev–Trinajstić information content (AvgIpc) is 2.77. The Kier molecular flexibility index (Phi) is 4.84. The second-order valence-corrected chi connectivity index (χ2v) is 7.67. The van der Waals surface area contributed by atoms with Gasteiger partial charge in [0.25, 0.3) is 0 Å². The number of aryl methyl sites for hydroxylation is 1. The zero-order chi connectivity index (χ0) is 17.2. The van der Waals surface area contributed by atoms with E-state index in [1.54, 1.807) is 0 Å². The van der Waals surface area contributed by atoms with Gasteiger partial charge in [0, 0.05) is 5.82 Å².